The van der Waals surface area contributed by atoms with E-state index in [9.17, 15) is 9.59 Å². The zero-order chi connectivity index (χ0) is 17.1. The maximum absolute atomic E-state index is 12.3. The predicted molar refractivity (Wildman–Crippen MR) is 91.2 cm³/mol. The van der Waals surface area contributed by atoms with E-state index in [1.807, 2.05) is 18.2 Å². The van der Waals surface area contributed by atoms with Crippen molar-refractivity contribution >= 4 is 33.8 Å². The summed E-state index contributed by atoms with van der Waals surface area (Å²) in [5.41, 5.74) is 1.11. The van der Waals surface area contributed by atoms with E-state index in [0.717, 1.165) is 0 Å². The van der Waals surface area contributed by atoms with E-state index in [1.165, 1.54) is 11.3 Å². The molecular weight excluding hydrogens is 326 g/mol. The Morgan fingerprint density at radius 3 is 3.00 bits per heavy atom. The monoisotopic (exact) mass is 341 g/mol. The first kappa shape index (κ1) is 16.0. The Kier molecular flexibility index (Phi) is 4.49. The minimum Gasteiger partial charge on any atom is -0.479 e. The third kappa shape index (κ3) is 3.09. The molecule has 0 radical (unpaired) electrons. The minimum absolute atomic E-state index is 0.134. The number of nitriles is 1. The van der Waals surface area contributed by atoms with Crippen LogP contribution in [0.4, 0.5) is 10.7 Å². The van der Waals surface area contributed by atoms with Crippen molar-refractivity contribution in [2.75, 3.05) is 16.8 Å². The van der Waals surface area contributed by atoms with Gasteiger partial charge in [-0.15, -0.1) is 11.3 Å². The summed E-state index contributed by atoms with van der Waals surface area (Å²) in [7, 11) is 0. The largest absolute Gasteiger partial charge is 0.479 e. The molecular formula is C17H15N3O3S. The smallest absolute Gasteiger partial charge is 0.267 e. The van der Waals surface area contributed by atoms with Gasteiger partial charge in [0, 0.05) is 13.0 Å². The van der Waals surface area contributed by atoms with Crippen LogP contribution >= 0.6 is 11.3 Å². The first-order valence-electron chi connectivity index (χ1n) is 7.44. The lowest BCUT2D eigenvalue weighted by Gasteiger charge is -2.32. The number of nitrogens with one attached hydrogen (secondary N) is 1. The van der Waals surface area contributed by atoms with Crippen molar-refractivity contribution in [3.8, 4) is 11.8 Å². The maximum Gasteiger partial charge on any atom is 0.267 e. The summed E-state index contributed by atoms with van der Waals surface area (Å²) in [6.45, 7) is 1.94. The fourth-order valence-corrected chi connectivity index (χ4v) is 3.24. The summed E-state index contributed by atoms with van der Waals surface area (Å²) in [6, 6.07) is 10.9. The van der Waals surface area contributed by atoms with Crippen LogP contribution in [0.15, 0.2) is 35.7 Å². The van der Waals surface area contributed by atoms with Gasteiger partial charge in [0.05, 0.1) is 11.3 Å². The van der Waals surface area contributed by atoms with Gasteiger partial charge in [-0.3, -0.25) is 9.59 Å². The fourth-order valence-electron chi connectivity index (χ4n) is 2.49. The molecule has 7 heteroatoms. The van der Waals surface area contributed by atoms with Crippen LogP contribution in [0.3, 0.4) is 0 Å². The molecule has 0 bridgehead atoms. The highest BCUT2D eigenvalue weighted by atomic mass is 32.1. The number of anilines is 2. The molecule has 2 heterocycles. The van der Waals surface area contributed by atoms with Crippen molar-refractivity contribution in [2.45, 2.75) is 19.4 Å². The molecule has 0 spiro atoms. The summed E-state index contributed by atoms with van der Waals surface area (Å²) >= 11 is 1.30. The molecule has 0 aliphatic carbocycles. The molecule has 0 saturated carbocycles. The lowest BCUT2D eigenvalue weighted by Crippen LogP contribution is -2.45. The van der Waals surface area contributed by atoms with Gasteiger partial charge in [-0.2, -0.15) is 5.26 Å². The number of thiophene rings is 1. The van der Waals surface area contributed by atoms with Crippen LogP contribution in [0.5, 0.6) is 5.75 Å². The van der Waals surface area contributed by atoms with E-state index >= 15 is 0 Å². The number of carbonyl (C=O) groups excluding carboxylic acids is 2. The lowest BCUT2D eigenvalue weighted by atomic mass is 10.1. The Labute approximate surface area is 143 Å². The van der Waals surface area contributed by atoms with Gasteiger partial charge in [0.1, 0.15) is 16.8 Å². The van der Waals surface area contributed by atoms with Crippen LogP contribution in [0, 0.1) is 11.3 Å². The highest BCUT2D eigenvalue weighted by Crippen LogP contribution is 2.33. The third-order valence-corrected chi connectivity index (χ3v) is 4.50. The number of hydrogen-bond acceptors (Lipinski definition) is 5. The van der Waals surface area contributed by atoms with Crippen LogP contribution < -0.4 is 15.0 Å². The topological polar surface area (TPSA) is 82.4 Å². The van der Waals surface area contributed by atoms with E-state index in [4.69, 9.17) is 10.00 Å². The number of para-hydroxylation sites is 2. The molecule has 2 amide bonds. The van der Waals surface area contributed by atoms with E-state index in [0.29, 0.717) is 22.0 Å². The number of carbonyl (C=O) groups is 2. The quantitative estimate of drug-likeness (QED) is 0.927. The van der Waals surface area contributed by atoms with Gasteiger partial charge >= 0.3 is 0 Å². The van der Waals surface area contributed by atoms with Crippen LogP contribution in [0.1, 0.15) is 18.9 Å². The Bertz CT molecular complexity index is 824. The molecule has 6 nitrogen and oxygen atoms in total. The molecule has 122 valence electrons. The van der Waals surface area contributed by atoms with Gasteiger partial charge in [-0.25, -0.2) is 0 Å². The molecule has 1 aromatic carbocycles. The van der Waals surface area contributed by atoms with Gasteiger partial charge in [0.2, 0.25) is 5.91 Å². The van der Waals surface area contributed by atoms with Gasteiger partial charge < -0.3 is 15.0 Å². The standard InChI is InChI=1S/C17H15N3O3S/c1-11-17(22)20(13-4-2-3-5-14(13)23-11)8-6-15(21)19-16-12(10-18)7-9-24-16/h2-5,7,9,11H,6,8H2,1H3,(H,19,21). The minimum atomic E-state index is -0.578. The molecule has 1 aliphatic heterocycles. The number of fused-ring (bicyclic) bond motifs is 1. The third-order valence-electron chi connectivity index (χ3n) is 3.67. The van der Waals surface area contributed by atoms with Gasteiger partial charge in [-0.1, -0.05) is 12.1 Å². The summed E-state index contributed by atoms with van der Waals surface area (Å²) in [4.78, 5) is 26.1. The van der Waals surface area contributed by atoms with Crippen LogP contribution in [0.2, 0.25) is 0 Å². The normalized spacial score (nSPS) is 16.1. The number of ether oxygens (including phenoxy) is 1. The van der Waals surface area contributed by atoms with E-state index in [-0.39, 0.29) is 24.8 Å². The van der Waals surface area contributed by atoms with Crippen molar-refractivity contribution in [2.24, 2.45) is 0 Å². The number of amides is 2. The second-order valence-electron chi connectivity index (χ2n) is 5.29. The van der Waals surface area contributed by atoms with Gasteiger partial charge in [0.15, 0.2) is 6.10 Å². The Morgan fingerprint density at radius 1 is 1.42 bits per heavy atom. The SMILES string of the molecule is CC1Oc2ccccc2N(CCC(=O)Nc2sccc2C#N)C1=O. The van der Waals surface area contributed by atoms with E-state index in [2.05, 4.69) is 5.32 Å². The molecule has 0 fully saturated rings. The lowest BCUT2D eigenvalue weighted by molar-refractivity contribution is -0.125. The second-order valence-corrected chi connectivity index (χ2v) is 6.21. The maximum atomic E-state index is 12.3. The molecule has 1 aromatic heterocycles. The van der Waals surface area contributed by atoms with Crippen molar-refractivity contribution in [3.63, 3.8) is 0 Å². The van der Waals surface area contributed by atoms with Crippen molar-refractivity contribution in [1.29, 1.82) is 5.26 Å². The zero-order valence-corrected chi connectivity index (χ0v) is 13.8. The average Bonchev–Trinajstić information content (AvgIpc) is 3.02. The fraction of sp³-hybridized carbons (Fsp3) is 0.235. The molecule has 1 aliphatic rings. The Balaban J connectivity index is 1.69. The van der Waals surface area contributed by atoms with Crippen molar-refractivity contribution in [1.82, 2.24) is 0 Å². The molecule has 1 N–H and O–H groups in total. The zero-order valence-electron chi connectivity index (χ0n) is 13.0. The predicted octanol–water partition coefficient (Wildman–Crippen LogP) is 2.76. The molecule has 24 heavy (non-hydrogen) atoms. The van der Waals surface area contributed by atoms with Crippen LogP contribution in [0.25, 0.3) is 0 Å². The van der Waals surface area contributed by atoms with Crippen LogP contribution in [-0.4, -0.2) is 24.5 Å². The van der Waals surface area contributed by atoms with Crippen molar-refractivity contribution in [3.05, 3.63) is 41.3 Å². The highest BCUT2D eigenvalue weighted by molar-refractivity contribution is 7.14. The van der Waals surface area contributed by atoms with Gasteiger partial charge in [-0.05, 0) is 30.5 Å². The first-order chi connectivity index (χ1) is 11.6. The Morgan fingerprint density at radius 2 is 2.21 bits per heavy atom. The number of nitrogens with zero attached hydrogens (tertiary/aromatic N) is 2. The number of benzene rings is 1. The molecule has 1 atom stereocenters. The van der Waals surface area contributed by atoms with E-state index < -0.39 is 6.10 Å². The first-order valence-corrected chi connectivity index (χ1v) is 8.32. The summed E-state index contributed by atoms with van der Waals surface area (Å²) in [6.07, 6.45) is -0.444. The number of hydrogen-bond donors (Lipinski definition) is 1. The van der Waals surface area contributed by atoms with Crippen molar-refractivity contribution < 1.29 is 14.3 Å². The summed E-state index contributed by atoms with van der Waals surface area (Å²) < 4.78 is 5.57. The molecule has 0 saturated heterocycles. The number of rotatable bonds is 4. The summed E-state index contributed by atoms with van der Waals surface area (Å²) in [5, 5.41) is 14.0. The average molecular weight is 341 g/mol. The van der Waals surface area contributed by atoms with E-state index in [1.54, 1.807) is 35.4 Å². The molecule has 3 rings (SSSR count). The molecule has 1 unspecified atom stereocenters. The highest BCUT2D eigenvalue weighted by Gasteiger charge is 2.31. The Hall–Kier alpha value is -2.85. The summed E-state index contributed by atoms with van der Waals surface area (Å²) in [5.74, 6) is 0.226. The van der Waals surface area contributed by atoms with Gasteiger partial charge in [0.25, 0.3) is 5.91 Å². The second kappa shape index (κ2) is 6.72. The van der Waals surface area contributed by atoms with Crippen LogP contribution in [-0.2, 0) is 9.59 Å². The molecule has 2 aromatic rings.